The number of hydrogen-bond donors (Lipinski definition) is 1. The fourth-order valence-electron chi connectivity index (χ4n) is 4.07. The van der Waals surface area contributed by atoms with Crippen LogP contribution in [0.1, 0.15) is 92.8 Å². The lowest BCUT2D eigenvalue weighted by molar-refractivity contribution is -0.0823. The number of rotatable bonds is 13. The highest BCUT2D eigenvalue weighted by molar-refractivity contribution is 5.98. The van der Waals surface area contributed by atoms with Gasteiger partial charge in [0.2, 0.25) is 6.29 Å². The molecule has 1 fully saturated rings. The van der Waals surface area contributed by atoms with Crippen molar-refractivity contribution < 1.29 is 33.3 Å². The number of ether oxygens (including phenoxy) is 4. The molecule has 1 aromatic rings. The summed E-state index contributed by atoms with van der Waals surface area (Å²) in [5.74, 6) is 0.0132. The number of unbranched alkanes of at least 4 members (excludes halogenated alkanes) is 3. The summed E-state index contributed by atoms with van der Waals surface area (Å²) in [5.41, 5.74) is 2.43. The Morgan fingerprint density at radius 1 is 1.14 bits per heavy atom. The van der Waals surface area contributed by atoms with Gasteiger partial charge in [0.1, 0.15) is 11.5 Å². The van der Waals surface area contributed by atoms with Gasteiger partial charge in [-0.05, 0) is 61.5 Å². The van der Waals surface area contributed by atoms with Crippen molar-refractivity contribution in [1.82, 2.24) is 10.3 Å². The van der Waals surface area contributed by atoms with Crippen LogP contribution in [-0.2, 0) is 18.9 Å². The van der Waals surface area contributed by atoms with E-state index in [1.165, 1.54) is 6.92 Å². The van der Waals surface area contributed by atoms with Crippen molar-refractivity contribution in [3.05, 3.63) is 46.5 Å². The van der Waals surface area contributed by atoms with Gasteiger partial charge in [-0.2, -0.15) is 0 Å². The minimum atomic E-state index is -1.21. The van der Waals surface area contributed by atoms with Gasteiger partial charge in [0.25, 0.3) is 5.91 Å². The summed E-state index contributed by atoms with van der Waals surface area (Å²) in [6.45, 7) is 8.30. The van der Waals surface area contributed by atoms with Crippen LogP contribution in [0.15, 0.2) is 29.5 Å². The number of hydrogen-bond acceptors (Lipinski definition) is 8. The molecule has 3 rings (SSSR count). The van der Waals surface area contributed by atoms with Crippen molar-refractivity contribution in [2.24, 2.45) is 11.8 Å². The Morgan fingerprint density at radius 3 is 2.54 bits per heavy atom. The predicted molar refractivity (Wildman–Crippen MR) is 138 cm³/mol. The smallest absolute Gasteiger partial charge is 0.497 e. The maximum Gasteiger partial charge on any atom is 0.511 e. The SMILES string of the molecule is CCCCCCOC(=O)OC(C)OC(=O)c1nc(C(=O)NCC2CC2)ccc1C1=CC(OC)=C(C)[C@H]1C. The van der Waals surface area contributed by atoms with E-state index in [9.17, 15) is 14.4 Å². The Bertz CT molecular complexity index is 1060. The minimum Gasteiger partial charge on any atom is -0.497 e. The highest BCUT2D eigenvalue weighted by atomic mass is 16.8. The molecular weight excluding hydrogens is 476 g/mol. The number of carbonyl (C=O) groups excluding carboxylic acids is 3. The molecule has 2 aliphatic rings. The third kappa shape index (κ3) is 7.81. The zero-order valence-corrected chi connectivity index (χ0v) is 22.4. The zero-order chi connectivity index (χ0) is 26.9. The van der Waals surface area contributed by atoms with Crippen LogP contribution in [0.25, 0.3) is 5.57 Å². The summed E-state index contributed by atoms with van der Waals surface area (Å²) >= 11 is 0. The largest absolute Gasteiger partial charge is 0.511 e. The van der Waals surface area contributed by atoms with Crippen LogP contribution >= 0.6 is 0 Å². The Kier molecular flexibility index (Phi) is 10.1. The average molecular weight is 515 g/mol. The van der Waals surface area contributed by atoms with Gasteiger partial charge in [-0.1, -0.05) is 33.1 Å². The number of methoxy groups -OCH3 is 1. The molecule has 0 spiro atoms. The second kappa shape index (κ2) is 13.3. The van der Waals surface area contributed by atoms with E-state index < -0.39 is 18.4 Å². The molecule has 9 heteroatoms. The third-order valence-corrected chi connectivity index (χ3v) is 6.64. The van der Waals surface area contributed by atoms with Crippen molar-refractivity contribution in [2.45, 2.75) is 72.5 Å². The summed E-state index contributed by atoms with van der Waals surface area (Å²) < 4.78 is 21.0. The second-order valence-corrected chi connectivity index (χ2v) is 9.57. The molecule has 1 aromatic heterocycles. The number of allylic oxidation sites excluding steroid dienone is 3. The Morgan fingerprint density at radius 2 is 1.89 bits per heavy atom. The molecule has 9 nitrogen and oxygen atoms in total. The van der Waals surface area contributed by atoms with Crippen molar-refractivity contribution in [2.75, 3.05) is 20.3 Å². The summed E-state index contributed by atoms with van der Waals surface area (Å²) in [6, 6.07) is 3.29. The van der Waals surface area contributed by atoms with Gasteiger partial charge >= 0.3 is 12.1 Å². The summed E-state index contributed by atoms with van der Waals surface area (Å²) in [6.07, 6.45) is 5.79. The van der Waals surface area contributed by atoms with Crippen LogP contribution in [0.3, 0.4) is 0 Å². The van der Waals surface area contributed by atoms with Gasteiger partial charge < -0.3 is 24.3 Å². The number of carbonyl (C=O) groups is 3. The lowest BCUT2D eigenvalue weighted by Crippen LogP contribution is -2.28. The number of nitrogens with zero attached hydrogens (tertiary/aromatic N) is 1. The van der Waals surface area contributed by atoms with Crippen LogP contribution in [0.4, 0.5) is 4.79 Å². The fourth-order valence-corrected chi connectivity index (χ4v) is 4.07. The van der Waals surface area contributed by atoms with Crippen LogP contribution in [-0.4, -0.2) is 49.6 Å². The lowest BCUT2D eigenvalue weighted by atomic mass is 9.92. The van der Waals surface area contributed by atoms with Gasteiger partial charge in [-0.15, -0.1) is 0 Å². The van der Waals surface area contributed by atoms with Gasteiger partial charge in [-0.25, -0.2) is 14.6 Å². The second-order valence-electron chi connectivity index (χ2n) is 9.57. The Balaban J connectivity index is 1.74. The van der Waals surface area contributed by atoms with Gasteiger partial charge in [-0.3, -0.25) is 4.79 Å². The number of esters is 1. The van der Waals surface area contributed by atoms with Crippen LogP contribution < -0.4 is 5.32 Å². The van der Waals surface area contributed by atoms with Crippen molar-refractivity contribution in [3.8, 4) is 0 Å². The predicted octanol–water partition coefficient (Wildman–Crippen LogP) is 5.41. The standard InChI is InChI=1S/C28H38N2O7/c1-6-7-8-9-14-35-28(33)37-19(4)36-27(32)25-21(22-15-24(34-5)18(3)17(22)2)12-13-23(30-25)26(31)29-16-20-10-11-20/h12-13,15,17,19-20H,6-11,14,16H2,1-5H3,(H,29,31)/t17-,19?/m1/s1. The van der Waals surface area contributed by atoms with Crippen LogP contribution in [0, 0.1) is 11.8 Å². The molecular formula is C28H38N2O7. The normalized spacial score (nSPS) is 17.6. The molecule has 1 amide bonds. The maximum atomic E-state index is 13.2. The fraction of sp³-hybridized carbons (Fsp3) is 0.571. The Hall–Kier alpha value is -3.36. The molecule has 37 heavy (non-hydrogen) atoms. The quantitative estimate of drug-likeness (QED) is 0.211. The lowest BCUT2D eigenvalue weighted by Gasteiger charge is -2.18. The first kappa shape index (κ1) is 28.2. The highest BCUT2D eigenvalue weighted by Gasteiger charge is 2.30. The van der Waals surface area contributed by atoms with Crippen LogP contribution in [0.2, 0.25) is 0 Å². The molecule has 0 aromatic carbocycles. The number of pyridine rings is 1. The minimum absolute atomic E-state index is 0.0331. The van der Waals surface area contributed by atoms with E-state index in [2.05, 4.69) is 17.2 Å². The summed E-state index contributed by atoms with van der Waals surface area (Å²) in [4.78, 5) is 42.2. The monoisotopic (exact) mass is 514 g/mol. The van der Waals surface area contributed by atoms with E-state index in [0.29, 0.717) is 23.8 Å². The molecule has 1 saturated carbocycles. The molecule has 2 aliphatic carbocycles. The Labute approximate surface area is 218 Å². The molecule has 2 atom stereocenters. The maximum absolute atomic E-state index is 13.2. The topological polar surface area (TPSA) is 113 Å². The van der Waals surface area contributed by atoms with E-state index in [1.807, 2.05) is 19.9 Å². The molecule has 0 radical (unpaired) electrons. The molecule has 1 unspecified atom stereocenters. The zero-order valence-electron chi connectivity index (χ0n) is 22.4. The number of nitrogens with one attached hydrogen (secondary N) is 1. The van der Waals surface area contributed by atoms with E-state index in [4.69, 9.17) is 18.9 Å². The summed E-state index contributed by atoms with van der Waals surface area (Å²) in [5, 5.41) is 2.86. The first-order chi connectivity index (χ1) is 17.7. The van der Waals surface area contributed by atoms with Gasteiger partial charge in [0, 0.05) is 24.9 Å². The van der Waals surface area contributed by atoms with E-state index in [-0.39, 0.29) is 29.8 Å². The van der Waals surface area contributed by atoms with Crippen molar-refractivity contribution in [1.29, 1.82) is 0 Å². The molecule has 202 valence electrons. The molecule has 0 aliphatic heterocycles. The molecule has 1 N–H and O–H groups in total. The first-order valence-corrected chi connectivity index (χ1v) is 13.0. The highest BCUT2D eigenvalue weighted by Crippen LogP contribution is 2.39. The van der Waals surface area contributed by atoms with Crippen LogP contribution in [0.5, 0.6) is 0 Å². The number of amides is 1. The van der Waals surface area contributed by atoms with Crippen molar-refractivity contribution >= 4 is 23.6 Å². The van der Waals surface area contributed by atoms with Gasteiger partial charge in [0.15, 0.2) is 5.69 Å². The molecule has 1 heterocycles. The molecule has 0 bridgehead atoms. The summed E-state index contributed by atoms with van der Waals surface area (Å²) in [7, 11) is 1.59. The van der Waals surface area contributed by atoms with E-state index in [0.717, 1.165) is 49.7 Å². The average Bonchev–Trinajstić information content (AvgIpc) is 3.66. The van der Waals surface area contributed by atoms with E-state index >= 15 is 0 Å². The first-order valence-electron chi connectivity index (χ1n) is 13.0. The molecule has 0 saturated heterocycles. The van der Waals surface area contributed by atoms with Crippen molar-refractivity contribution in [3.63, 3.8) is 0 Å². The van der Waals surface area contributed by atoms with Gasteiger partial charge in [0.05, 0.1) is 13.7 Å². The third-order valence-electron chi connectivity index (χ3n) is 6.64. The van der Waals surface area contributed by atoms with E-state index in [1.54, 1.807) is 19.2 Å². The number of aromatic nitrogens is 1.